The van der Waals surface area contributed by atoms with E-state index in [0.29, 0.717) is 21.5 Å². The second-order valence-corrected chi connectivity index (χ2v) is 6.34. The summed E-state index contributed by atoms with van der Waals surface area (Å²) in [7, 11) is 0. The Balaban J connectivity index is 2.24. The lowest BCUT2D eigenvalue weighted by Crippen LogP contribution is -2.28. The van der Waals surface area contributed by atoms with E-state index in [-0.39, 0.29) is 16.4 Å². The molecule has 6 nitrogen and oxygen atoms in total. The molecule has 0 aliphatic rings. The first-order chi connectivity index (χ1) is 13.0. The van der Waals surface area contributed by atoms with Crippen molar-refractivity contribution in [2.45, 2.75) is 0 Å². The Labute approximate surface area is 157 Å². The molecule has 0 fully saturated rings. The summed E-state index contributed by atoms with van der Waals surface area (Å²) >= 11 is 6.19. The first kappa shape index (κ1) is 16.9. The van der Waals surface area contributed by atoms with Gasteiger partial charge in [0.2, 0.25) is 0 Å². The molecular formula is C20H11ClN2O4. The van der Waals surface area contributed by atoms with Crippen molar-refractivity contribution in [1.82, 2.24) is 4.57 Å². The highest BCUT2D eigenvalue weighted by Gasteiger charge is 2.16. The van der Waals surface area contributed by atoms with Crippen LogP contribution in [-0.4, -0.2) is 9.49 Å². The molecule has 0 amide bonds. The maximum Gasteiger partial charge on any atom is 0.271 e. The highest BCUT2D eigenvalue weighted by Crippen LogP contribution is 2.25. The molecule has 132 valence electrons. The van der Waals surface area contributed by atoms with Crippen LogP contribution in [0.2, 0.25) is 5.02 Å². The quantitative estimate of drug-likeness (QED) is 0.389. The molecule has 27 heavy (non-hydrogen) atoms. The maximum absolute atomic E-state index is 13.2. The fourth-order valence-electron chi connectivity index (χ4n) is 3.15. The van der Waals surface area contributed by atoms with Crippen molar-refractivity contribution in [3.05, 3.63) is 103 Å². The SMILES string of the molecule is O=c1c2ccccc2c2ccccc2c(=O)n1-c1ccc([N+](=O)[O-])cc1Cl. The van der Waals surface area contributed by atoms with Gasteiger partial charge in [0.05, 0.1) is 15.6 Å². The van der Waals surface area contributed by atoms with Crippen LogP contribution >= 0.6 is 11.6 Å². The average Bonchev–Trinajstić information content (AvgIpc) is 2.77. The average molecular weight is 379 g/mol. The Morgan fingerprint density at radius 3 is 1.70 bits per heavy atom. The number of benzene rings is 3. The summed E-state index contributed by atoms with van der Waals surface area (Å²) in [5.74, 6) is 0. The molecule has 1 heterocycles. The molecule has 0 bridgehead atoms. The van der Waals surface area contributed by atoms with Crippen molar-refractivity contribution in [3.63, 3.8) is 0 Å². The Morgan fingerprint density at radius 2 is 1.26 bits per heavy atom. The van der Waals surface area contributed by atoms with Gasteiger partial charge in [-0.15, -0.1) is 0 Å². The molecular weight excluding hydrogens is 368 g/mol. The molecule has 7 heteroatoms. The van der Waals surface area contributed by atoms with Crippen molar-refractivity contribution in [2.75, 3.05) is 0 Å². The van der Waals surface area contributed by atoms with E-state index in [9.17, 15) is 19.7 Å². The zero-order valence-electron chi connectivity index (χ0n) is 13.8. The van der Waals surface area contributed by atoms with Crippen LogP contribution in [0.3, 0.4) is 0 Å². The lowest BCUT2D eigenvalue weighted by Gasteiger charge is -2.05. The molecule has 0 saturated heterocycles. The lowest BCUT2D eigenvalue weighted by atomic mass is 10.1. The molecule has 0 saturated carbocycles. The summed E-state index contributed by atoms with van der Waals surface area (Å²) in [4.78, 5) is 36.8. The molecule has 0 aliphatic carbocycles. The molecule has 0 spiro atoms. The molecule has 0 N–H and O–H groups in total. The van der Waals surface area contributed by atoms with Crippen LogP contribution in [0, 0.1) is 10.1 Å². The monoisotopic (exact) mass is 378 g/mol. The van der Waals surface area contributed by atoms with Crippen molar-refractivity contribution in [1.29, 1.82) is 0 Å². The lowest BCUT2D eigenvalue weighted by molar-refractivity contribution is -0.384. The Bertz CT molecular complexity index is 1290. The van der Waals surface area contributed by atoms with E-state index >= 15 is 0 Å². The van der Waals surface area contributed by atoms with Crippen LogP contribution in [0.5, 0.6) is 0 Å². The van der Waals surface area contributed by atoms with Crippen molar-refractivity contribution in [3.8, 4) is 5.69 Å². The third kappa shape index (κ3) is 2.67. The second-order valence-electron chi connectivity index (χ2n) is 5.93. The summed E-state index contributed by atoms with van der Waals surface area (Å²) in [6, 6.07) is 17.5. The summed E-state index contributed by atoms with van der Waals surface area (Å²) in [5, 5.41) is 12.9. The number of hydrogen-bond donors (Lipinski definition) is 0. The minimum Gasteiger partial charge on any atom is -0.268 e. The summed E-state index contributed by atoms with van der Waals surface area (Å²) < 4.78 is 0.969. The maximum atomic E-state index is 13.2. The molecule has 3 aromatic carbocycles. The van der Waals surface area contributed by atoms with Crippen LogP contribution in [0.1, 0.15) is 0 Å². The van der Waals surface area contributed by atoms with Gasteiger partial charge >= 0.3 is 0 Å². The van der Waals surface area contributed by atoms with Gasteiger partial charge in [-0.25, -0.2) is 4.57 Å². The normalized spacial score (nSPS) is 11.0. The summed E-state index contributed by atoms with van der Waals surface area (Å²) in [6.07, 6.45) is 0. The van der Waals surface area contributed by atoms with Gasteiger partial charge in [-0.3, -0.25) is 19.7 Å². The topological polar surface area (TPSA) is 82.2 Å². The number of nitrogens with zero attached hydrogens (tertiary/aromatic N) is 2. The Morgan fingerprint density at radius 1 is 0.778 bits per heavy atom. The third-order valence-electron chi connectivity index (χ3n) is 4.39. The number of halogens is 1. The van der Waals surface area contributed by atoms with Gasteiger partial charge in [-0.2, -0.15) is 0 Å². The largest absolute Gasteiger partial charge is 0.271 e. The molecule has 1 aromatic heterocycles. The Hall–Kier alpha value is -3.51. The third-order valence-corrected chi connectivity index (χ3v) is 4.70. The molecule has 0 atom stereocenters. The van der Waals surface area contributed by atoms with Crippen LogP contribution in [-0.2, 0) is 0 Å². The van der Waals surface area contributed by atoms with Gasteiger partial charge in [0, 0.05) is 22.9 Å². The fraction of sp³-hybridized carbons (Fsp3) is 0. The summed E-state index contributed by atoms with van der Waals surface area (Å²) in [5.41, 5.74) is -1.20. The van der Waals surface area contributed by atoms with Gasteiger partial charge in [0.15, 0.2) is 0 Å². The number of nitro groups is 1. The van der Waals surface area contributed by atoms with E-state index in [2.05, 4.69) is 0 Å². The van der Waals surface area contributed by atoms with E-state index in [4.69, 9.17) is 11.6 Å². The van der Waals surface area contributed by atoms with Crippen LogP contribution in [0.25, 0.3) is 27.2 Å². The van der Waals surface area contributed by atoms with Gasteiger partial charge in [0.1, 0.15) is 0 Å². The van der Waals surface area contributed by atoms with Gasteiger partial charge in [-0.05, 0) is 29.0 Å². The predicted octanol–water partition coefficient (Wildman–Crippen LogP) is 4.07. The molecule has 0 unspecified atom stereocenters. The number of rotatable bonds is 2. The highest BCUT2D eigenvalue weighted by atomic mass is 35.5. The van der Waals surface area contributed by atoms with E-state index < -0.39 is 16.0 Å². The second kappa shape index (κ2) is 6.34. The zero-order chi connectivity index (χ0) is 19.1. The minimum absolute atomic E-state index is 0.0530. The predicted molar refractivity (Wildman–Crippen MR) is 105 cm³/mol. The standard InChI is InChI=1S/C20H11ClN2O4/c21-17-11-12(23(26)27)9-10-18(17)22-19(24)15-7-3-1-5-13(15)14-6-2-4-8-16(14)20(22)25/h1-11H. The Kier molecular flexibility index (Phi) is 3.97. The zero-order valence-corrected chi connectivity index (χ0v) is 14.5. The van der Waals surface area contributed by atoms with Crippen LogP contribution < -0.4 is 11.1 Å². The van der Waals surface area contributed by atoms with Crippen molar-refractivity contribution >= 4 is 38.8 Å². The molecule has 0 radical (unpaired) electrons. The van der Waals surface area contributed by atoms with E-state index in [1.165, 1.54) is 12.1 Å². The van der Waals surface area contributed by atoms with Crippen LogP contribution in [0.15, 0.2) is 76.3 Å². The highest BCUT2D eigenvalue weighted by molar-refractivity contribution is 6.32. The van der Waals surface area contributed by atoms with Gasteiger partial charge in [0.25, 0.3) is 16.8 Å². The first-order valence-corrected chi connectivity index (χ1v) is 8.38. The van der Waals surface area contributed by atoms with Gasteiger partial charge in [-0.1, -0.05) is 48.0 Å². The number of hydrogen-bond acceptors (Lipinski definition) is 4. The molecule has 4 rings (SSSR count). The van der Waals surface area contributed by atoms with Crippen molar-refractivity contribution < 1.29 is 4.92 Å². The van der Waals surface area contributed by atoms with Crippen molar-refractivity contribution in [2.24, 2.45) is 0 Å². The fourth-order valence-corrected chi connectivity index (χ4v) is 3.41. The van der Waals surface area contributed by atoms with E-state index in [1.54, 1.807) is 48.5 Å². The molecule has 4 aromatic rings. The summed E-state index contributed by atoms with van der Waals surface area (Å²) in [6.45, 7) is 0. The van der Waals surface area contributed by atoms with E-state index in [1.807, 2.05) is 0 Å². The van der Waals surface area contributed by atoms with Crippen LogP contribution in [0.4, 0.5) is 5.69 Å². The first-order valence-electron chi connectivity index (χ1n) is 8.00. The number of nitro benzene ring substituents is 1. The number of non-ortho nitro benzene ring substituents is 1. The smallest absolute Gasteiger partial charge is 0.268 e. The minimum atomic E-state index is -0.591. The van der Waals surface area contributed by atoms with E-state index in [0.717, 1.165) is 10.6 Å². The van der Waals surface area contributed by atoms with Gasteiger partial charge < -0.3 is 0 Å². The number of aromatic nitrogens is 1. The molecule has 0 aliphatic heterocycles. The number of fused-ring (bicyclic) bond motifs is 3.